The van der Waals surface area contributed by atoms with Crippen LogP contribution in [0, 0.1) is 5.92 Å². The minimum atomic E-state index is -0.448. The Labute approximate surface area is 123 Å². The Kier molecular flexibility index (Phi) is 3.45. The van der Waals surface area contributed by atoms with Crippen LogP contribution >= 0.6 is 0 Å². The van der Waals surface area contributed by atoms with Crippen molar-refractivity contribution in [2.24, 2.45) is 11.7 Å². The molecule has 5 N–H and O–H groups in total. The lowest BCUT2D eigenvalue weighted by atomic mass is 9.85. The van der Waals surface area contributed by atoms with Crippen LogP contribution in [0.5, 0.6) is 0 Å². The van der Waals surface area contributed by atoms with Crippen molar-refractivity contribution in [2.45, 2.75) is 25.3 Å². The normalized spacial score (nSPS) is 25.1. The maximum atomic E-state index is 11.4. The highest BCUT2D eigenvalue weighted by Crippen LogP contribution is 2.32. The van der Waals surface area contributed by atoms with Crippen LogP contribution < -0.4 is 21.7 Å². The molecule has 0 bridgehead atoms. The highest BCUT2D eigenvalue weighted by Gasteiger charge is 2.34. The first-order valence-electron chi connectivity index (χ1n) is 7.28. The van der Waals surface area contributed by atoms with Crippen LogP contribution in [0.3, 0.4) is 0 Å². The molecule has 0 aliphatic carbocycles. The van der Waals surface area contributed by atoms with Gasteiger partial charge in [0.1, 0.15) is 0 Å². The second kappa shape index (κ2) is 5.27. The van der Waals surface area contributed by atoms with Crippen molar-refractivity contribution in [1.29, 1.82) is 0 Å². The van der Waals surface area contributed by atoms with E-state index in [1.165, 1.54) is 0 Å². The molecule has 2 unspecified atom stereocenters. The molecule has 2 atom stereocenters. The minimum Gasteiger partial charge on any atom is -0.397 e. The zero-order chi connectivity index (χ0) is 15.0. The molecule has 21 heavy (non-hydrogen) atoms. The van der Waals surface area contributed by atoms with Crippen molar-refractivity contribution in [2.75, 3.05) is 23.7 Å². The number of anilines is 2. The molecule has 2 amide bonds. The van der Waals surface area contributed by atoms with Crippen molar-refractivity contribution < 1.29 is 9.59 Å². The van der Waals surface area contributed by atoms with Crippen molar-refractivity contribution in [3.63, 3.8) is 0 Å². The number of fused-ring (bicyclic) bond motifs is 1. The zero-order valence-electron chi connectivity index (χ0n) is 11.8. The summed E-state index contributed by atoms with van der Waals surface area (Å²) in [5, 5.41) is 3.06. The molecule has 0 spiro atoms. The van der Waals surface area contributed by atoms with Gasteiger partial charge in [0.2, 0.25) is 11.8 Å². The van der Waals surface area contributed by atoms with Crippen LogP contribution in [0.4, 0.5) is 11.4 Å². The largest absolute Gasteiger partial charge is 0.397 e. The summed E-state index contributed by atoms with van der Waals surface area (Å²) in [6.07, 6.45) is 2.39. The minimum absolute atomic E-state index is 0.153. The number of hydrogen-bond acceptors (Lipinski definition) is 4. The molecule has 2 aliphatic rings. The number of primary amides is 1. The number of nitrogens with one attached hydrogen (secondary N) is 1. The first-order chi connectivity index (χ1) is 10.0. The van der Waals surface area contributed by atoms with Crippen molar-refractivity contribution in [1.82, 2.24) is 5.32 Å². The monoisotopic (exact) mass is 288 g/mol. The zero-order valence-corrected chi connectivity index (χ0v) is 11.8. The second-order valence-corrected chi connectivity index (χ2v) is 5.85. The number of amides is 2. The van der Waals surface area contributed by atoms with E-state index in [2.05, 4.69) is 10.2 Å². The second-order valence-electron chi connectivity index (χ2n) is 5.85. The van der Waals surface area contributed by atoms with Crippen molar-refractivity contribution in [3.05, 3.63) is 23.8 Å². The summed E-state index contributed by atoms with van der Waals surface area (Å²) >= 11 is 0. The average molecular weight is 288 g/mol. The summed E-state index contributed by atoms with van der Waals surface area (Å²) in [4.78, 5) is 25.0. The Hall–Kier alpha value is -2.24. The van der Waals surface area contributed by atoms with E-state index in [4.69, 9.17) is 11.5 Å². The maximum absolute atomic E-state index is 11.4. The quantitative estimate of drug-likeness (QED) is 0.689. The Morgan fingerprint density at radius 1 is 1.33 bits per heavy atom. The predicted octanol–water partition coefficient (Wildman–Crippen LogP) is 0.473. The molecule has 0 saturated carbocycles. The van der Waals surface area contributed by atoms with E-state index in [0.717, 1.165) is 31.6 Å². The number of nitrogen functional groups attached to an aromatic ring is 1. The predicted molar refractivity (Wildman–Crippen MR) is 80.9 cm³/mol. The van der Waals surface area contributed by atoms with Gasteiger partial charge in [-0.1, -0.05) is 0 Å². The molecule has 2 saturated heterocycles. The lowest BCUT2D eigenvalue weighted by Gasteiger charge is -2.42. The van der Waals surface area contributed by atoms with Crippen LogP contribution in [0.25, 0.3) is 0 Å². The van der Waals surface area contributed by atoms with E-state index in [1.807, 2.05) is 0 Å². The smallest absolute Gasteiger partial charge is 0.248 e. The lowest BCUT2D eigenvalue weighted by molar-refractivity contribution is -0.124. The van der Waals surface area contributed by atoms with Gasteiger partial charge in [-0.15, -0.1) is 0 Å². The van der Waals surface area contributed by atoms with Gasteiger partial charge in [-0.3, -0.25) is 9.59 Å². The molecule has 1 aromatic rings. The third-order valence-electron chi connectivity index (χ3n) is 4.48. The van der Waals surface area contributed by atoms with Gasteiger partial charge in [-0.05, 0) is 37.0 Å². The number of nitrogens with two attached hydrogens (primary N) is 2. The van der Waals surface area contributed by atoms with E-state index in [9.17, 15) is 9.59 Å². The molecule has 6 nitrogen and oxygen atoms in total. The fourth-order valence-electron chi connectivity index (χ4n) is 3.30. The summed E-state index contributed by atoms with van der Waals surface area (Å²) in [7, 11) is 0. The van der Waals surface area contributed by atoms with Gasteiger partial charge in [0.15, 0.2) is 0 Å². The maximum Gasteiger partial charge on any atom is 0.248 e. The fourth-order valence-corrected chi connectivity index (χ4v) is 3.30. The third-order valence-corrected chi connectivity index (χ3v) is 4.48. The summed E-state index contributed by atoms with van der Waals surface area (Å²) in [6.45, 7) is 1.66. The van der Waals surface area contributed by atoms with Gasteiger partial charge >= 0.3 is 0 Å². The Bertz CT molecular complexity index is 587. The summed E-state index contributed by atoms with van der Waals surface area (Å²) in [5.74, 6) is 0.143. The molecular weight excluding hydrogens is 268 g/mol. The van der Waals surface area contributed by atoms with E-state index < -0.39 is 5.91 Å². The standard InChI is InChI=1S/C15H20N4O2/c16-11-3-1-9(15(17)21)7-13(11)19-6-5-12-10(8-19)2-4-14(20)18-12/h1,3,7,10,12H,2,4-6,8,16H2,(H2,17,21)(H,18,20). The SMILES string of the molecule is NC(=O)c1ccc(N)c(N2CCC3NC(=O)CCC3C2)c1. The molecule has 2 heterocycles. The number of carbonyl (C=O) groups excluding carboxylic acids is 2. The molecular formula is C15H20N4O2. The number of hydrogen-bond donors (Lipinski definition) is 3. The summed E-state index contributed by atoms with van der Waals surface area (Å²) in [6, 6.07) is 5.40. The van der Waals surface area contributed by atoms with Gasteiger partial charge in [0.25, 0.3) is 0 Å². The highest BCUT2D eigenvalue weighted by atomic mass is 16.2. The Balaban J connectivity index is 1.80. The summed E-state index contributed by atoms with van der Waals surface area (Å²) < 4.78 is 0. The topological polar surface area (TPSA) is 101 Å². The van der Waals surface area contributed by atoms with Gasteiger partial charge in [0, 0.05) is 31.1 Å². The van der Waals surface area contributed by atoms with Gasteiger partial charge < -0.3 is 21.7 Å². The fraction of sp³-hybridized carbons (Fsp3) is 0.467. The number of carbonyl (C=O) groups is 2. The van der Waals surface area contributed by atoms with E-state index in [1.54, 1.807) is 18.2 Å². The van der Waals surface area contributed by atoms with Gasteiger partial charge in [-0.2, -0.15) is 0 Å². The molecule has 0 radical (unpaired) electrons. The molecule has 0 aromatic heterocycles. The number of nitrogens with zero attached hydrogens (tertiary/aromatic N) is 1. The van der Waals surface area contributed by atoms with E-state index >= 15 is 0 Å². The lowest BCUT2D eigenvalue weighted by Crippen LogP contribution is -2.54. The molecule has 112 valence electrons. The molecule has 2 fully saturated rings. The van der Waals surface area contributed by atoms with Gasteiger partial charge in [0.05, 0.1) is 11.4 Å². The first-order valence-corrected chi connectivity index (χ1v) is 7.28. The van der Waals surface area contributed by atoms with Crippen molar-refractivity contribution in [3.8, 4) is 0 Å². The molecule has 3 rings (SSSR count). The van der Waals surface area contributed by atoms with Gasteiger partial charge in [-0.25, -0.2) is 0 Å². The molecule has 6 heteroatoms. The number of rotatable bonds is 2. The van der Waals surface area contributed by atoms with Crippen LogP contribution in [0.15, 0.2) is 18.2 Å². The molecule has 1 aromatic carbocycles. The van der Waals surface area contributed by atoms with Crippen LogP contribution in [0.1, 0.15) is 29.6 Å². The van der Waals surface area contributed by atoms with Crippen LogP contribution in [-0.2, 0) is 4.79 Å². The molecule has 2 aliphatic heterocycles. The number of benzene rings is 1. The van der Waals surface area contributed by atoms with Crippen molar-refractivity contribution >= 4 is 23.2 Å². The van der Waals surface area contributed by atoms with E-state index in [-0.39, 0.29) is 11.9 Å². The Morgan fingerprint density at radius 2 is 2.14 bits per heavy atom. The average Bonchev–Trinajstić information content (AvgIpc) is 2.47. The summed E-state index contributed by atoms with van der Waals surface area (Å²) in [5.41, 5.74) is 13.4. The number of piperidine rings is 2. The third kappa shape index (κ3) is 2.66. The first kappa shape index (κ1) is 13.7. The van der Waals surface area contributed by atoms with Crippen LogP contribution in [-0.4, -0.2) is 30.9 Å². The van der Waals surface area contributed by atoms with Crippen LogP contribution in [0.2, 0.25) is 0 Å². The Morgan fingerprint density at radius 3 is 2.90 bits per heavy atom. The highest BCUT2D eigenvalue weighted by molar-refractivity contribution is 5.95. The van der Waals surface area contributed by atoms with E-state index in [0.29, 0.717) is 23.6 Å².